The topological polar surface area (TPSA) is 16.4 Å². The van der Waals surface area contributed by atoms with Crippen LogP contribution in [-0.4, -0.2) is 0 Å². The Labute approximate surface area is 292 Å². The van der Waals surface area contributed by atoms with Crippen LogP contribution in [0.25, 0.3) is 66.4 Å². The molecule has 8 aromatic carbocycles. The van der Waals surface area contributed by atoms with Gasteiger partial charge < -0.3 is 9.32 Å². The lowest BCUT2D eigenvalue weighted by Gasteiger charge is -2.26. The van der Waals surface area contributed by atoms with E-state index in [9.17, 15) is 0 Å². The van der Waals surface area contributed by atoms with Gasteiger partial charge in [0.05, 0.1) is 0 Å². The third-order valence-corrected chi connectivity index (χ3v) is 9.50. The van der Waals surface area contributed by atoms with E-state index in [1.165, 1.54) is 38.9 Å². The number of benzene rings is 8. The molecule has 0 saturated heterocycles. The van der Waals surface area contributed by atoms with Gasteiger partial charge in [-0.2, -0.15) is 0 Å². The van der Waals surface area contributed by atoms with E-state index in [0.29, 0.717) is 0 Å². The maximum atomic E-state index is 6.33. The Morgan fingerprint density at radius 2 is 0.680 bits per heavy atom. The van der Waals surface area contributed by atoms with Crippen LogP contribution >= 0.6 is 0 Å². The number of hydrogen-bond donors (Lipinski definition) is 0. The Bertz CT molecular complexity index is 2550. The molecule has 0 fully saturated rings. The monoisotopic (exact) mass is 639 g/mol. The first kappa shape index (κ1) is 29.5. The molecule has 50 heavy (non-hydrogen) atoms. The van der Waals surface area contributed by atoms with Gasteiger partial charge in [0.1, 0.15) is 11.2 Å². The quantitative estimate of drug-likeness (QED) is 0.173. The minimum Gasteiger partial charge on any atom is -0.456 e. The molecule has 9 aromatic rings. The lowest BCUT2D eigenvalue weighted by Crippen LogP contribution is -2.10. The summed E-state index contributed by atoms with van der Waals surface area (Å²) in [5.41, 5.74) is 14.5. The van der Waals surface area contributed by atoms with Gasteiger partial charge in [-0.25, -0.2) is 0 Å². The molecule has 2 heteroatoms. The maximum absolute atomic E-state index is 6.33. The minimum atomic E-state index is 0.873. The van der Waals surface area contributed by atoms with Gasteiger partial charge in [-0.3, -0.25) is 0 Å². The Kier molecular flexibility index (Phi) is 7.53. The molecule has 0 aliphatic heterocycles. The van der Waals surface area contributed by atoms with Crippen molar-refractivity contribution in [2.75, 3.05) is 4.90 Å². The van der Waals surface area contributed by atoms with Crippen molar-refractivity contribution in [3.8, 4) is 44.5 Å². The first-order valence-corrected chi connectivity index (χ1v) is 17.0. The number of anilines is 3. The second-order valence-electron chi connectivity index (χ2n) is 12.6. The number of nitrogens with zero attached hydrogens (tertiary/aromatic N) is 1. The molecule has 0 N–H and O–H groups in total. The Hall–Kier alpha value is -6.64. The fourth-order valence-electron chi connectivity index (χ4n) is 6.90. The summed E-state index contributed by atoms with van der Waals surface area (Å²) >= 11 is 0. The molecule has 1 heterocycles. The van der Waals surface area contributed by atoms with E-state index in [-0.39, 0.29) is 0 Å². The first-order valence-electron chi connectivity index (χ1n) is 17.0. The van der Waals surface area contributed by atoms with Gasteiger partial charge in [0, 0.05) is 33.9 Å². The van der Waals surface area contributed by atoms with Crippen molar-refractivity contribution < 1.29 is 4.42 Å². The van der Waals surface area contributed by atoms with Crippen LogP contribution in [0, 0.1) is 0 Å². The normalized spacial score (nSPS) is 11.2. The minimum absolute atomic E-state index is 0.873. The summed E-state index contributed by atoms with van der Waals surface area (Å²) in [6, 6.07) is 71.1. The summed E-state index contributed by atoms with van der Waals surface area (Å²) < 4.78 is 6.33. The summed E-state index contributed by atoms with van der Waals surface area (Å²) in [5, 5.41) is 2.25. The number of rotatable bonds is 7. The van der Waals surface area contributed by atoms with Crippen LogP contribution in [0.2, 0.25) is 0 Å². The summed E-state index contributed by atoms with van der Waals surface area (Å²) in [6.07, 6.45) is 0. The zero-order valence-electron chi connectivity index (χ0n) is 27.4. The van der Waals surface area contributed by atoms with Crippen molar-refractivity contribution in [2.24, 2.45) is 0 Å². The molecule has 0 radical (unpaired) electrons. The van der Waals surface area contributed by atoms with Crippen LogP contribution < -0.4 is 4.90 Å². The third kappa shape index (κ3) is 5.63. The Morgan fingerprint density at radius 1 is 0.260 bits per heavy atom. The van der Waals surface area contributed by atoms with Crippen LogP contribution in [0.5, 0.6) is 0 Å². The summed E-state index contributed by atoms with van der Waals surface area (Å²) in [4.78, 5) is 2.31. The predicted octanol–water partition coefficient (Wildman–Crippen LogP) is 13.7. The van der Waals surface area contributed by atoms with E-state index in [1.807, 2.05) is 12.1 Å². The lowest BCUT2D eigenvalue weighted by atomic mass is 9.98. The fraction of sp³-hybridized carbons (Fsp3) is 0. The van der Waals surface area contributed by atoms with E-state index in [2.05, 4.69) is 193 Å². The second-order valence-corrected chi connectivity index (χ2v) is 12.6. The second kappa shape index (κ2) is 12.8. The van der Waals surface area contributed by atoms with Gasteiger partial charge >= 0.3 is 0 Å². The molecule has 0 unspecified atom stereocenters. The number of para-hydroxylation sites is 1. The van der Waals surface area contributed by atoms with Crippen LogP contribution in [0.15, 0.2) is 205 Å². The average molecular weight is 640 g/mol. The highest BCUT2D eigenvalue weighted by molar-refractivity contribution is 6.06. The molecule has 2 nitrogen and oxygen atoms in total. The van der Waals surface area contributed by atoms with Crippen molar-refractivity contribution in [3.63, 3.8) is 0 Å². The van der Waals surface area contributed by atoms with Gasteiger partial charge in [0.15, 0.2) is 0 Å². The van der Waals surface area contributed by atoms with Gasteiger partial charge in [0.2, 0.25) is 0 Å². The van der Waals surface area contributed by atoms with Gasteiger partial charge in [-0.15, -0.1) is 0 Å². The van der Waals surface area contributed by atoms with Crippen LogP contribution in [0.4, 0.5) is 17.1 Å². The molecule has 0 atom stereocenters. The number of hydrogen-bond acceptors (Lipinski definition) is 2. The molecule has 9 rings (SSSR count). The summed E-state index contributed by atoms with van der Waals surface area (Å²) in [7, 11) is 0. The summed E-state index contributed by atoms with van der Waals surface area (Å²) in [6.45, 7) is 0. The highest BCUT2D eigenvalue weighted by Crippen LogP contribution is 2.40. The molecular formula is C48H33NO. The predicted molar refractivity (Wildman–Crippen MR) is 210 cm³/mol. The van der Waals surface area contributed by atoms with Crippen LogP contribution in [0.3, 0.4) is 0 Å². The molecule has 0 saturated carbocycles. The molecule has 0 amide bonds. The molecule has 0 spiro atoms. The number of fused-ring (bicyclic) bond motifs is 3. The average Bonchev–Trinajstić information content (AvgIpc) is 3.57. The van der Waals surface area contributed by atoms with Crippen molar-refractivity contribution in [2.45, 2.75) is 0 Å². The van der Waals surface area contributed by atoms with E-state index >= 15 is 0 Å². The highest BCUT2D eigenvalue weighted by atomic mass is 16.3. The lowest BCUT2D eigenvalue weighted by molar-refractivity contribution is 0.669. The zero-order valence-corrected chi connectivity index (χ0v) is 27.4. The van der Waals surface area contributed by atoms with Crippen molar-refractivity contribution in [3.05, 3.63) is 200 Å². The van der Waals surface area contributed by atoms with E-state index < -0.39 is 0 Å². The van der Waals surface area contributed by atoms with Gasteiger partial charge in [-0.1, -0.05) is 152 Å². The molecule has 0 aliphatic rings. The van der Waals surface area contributed by atoms with E-state index in [0.717, 1.165) is 44.6 Å². The SMILES string of the molecule is c1ccc(-c2ccc(-c3ccc(-c4cccc(N(c5ccc(-c6ccccc6)cc5)c5ccc6c(c5)oc5ccccc56)c4)cc3)cc2)cc1. The van der Waals surface area contributed by atoms with Crippen LogP contribution in [0.1, 0.15) is 0 Å². The summed E-state index contributed by atoms with van der Waals surface area (Å²) in [5.74, 6) is 0. The smallest absolute Gasteiger partial charge is 0.137 e. The molecule has 1 aromatic heterocycles. The zero-order chi connectivity index (χ0) is 33.3. The van der Waals surface area contributed by atoms with Gasteiger partial charge in [0.25, 0.3) is 0 Å². The Balaban J connectivity index is 1.07. The fourth-order valence-corrected chi connectivity index (χ4v) is 6.90. The molecular weight excluding hydrogens is 607 g/mol. The maximum Gasteiger partial charge on any atom is 0.137 e. The van der Waals surface area contributed by atoms with Gasteiger partial charge in [-0.05, 0) is 87.0 Å². The van der Waals surface area contributed by atoms with Crippen molar-refractivity contribution in [1.29, 1.82) is 0 Å². The van der Waals surface area contributed by atoms with Crippen LogP contribution in [-0.2, 0) is 0 Å². The highest BCUT2D eigenvalue weighted by Gasteiger charge is 2.16. The number of furan rings is 1. The third-order valence-electron chi connectivity index (χ3n) is 9.50. The molecule has 0 aliphatic carbocycles. The van der Waals surface area contributed by atoms with E-state index in [4.69, 9.17) is 4.42 Å². The van der Waals surface area contributed by atoms with Crippen molar-refractivity contribution >= 4 is 39.0 Å². The molecule has 236 valence electrons. The Morgan fingerprint density at radius 3 is 1.28 bits per heavy atom. The standard InChI is InChI=1S/C48H33NO/c1-3-10-34(11-4-1)36-18-20-37(21-19-36)38-22-24-40(25-23-38)41-14-9-15-43(32-41)49(42-28-26-39(27-29-42)35-12-5-2-6-13-35)44-30-31-46-45-16-7-8-17-47(45)50-48(46)33-44/h1-33H. The largest absolute Gasteiger partial charge is 0.456 e. The van der Waals surface area contributed by atoms with Crippen molar-refractivity contribution in [1.82, 2.24) is 0 Å². The van der Waals surface area contributed by atoms with E-state index in [1.54, 1.807) is 0 Å². The first-order chi connectivity index (χ1) is 24.8. The molecule has 0 bridgehead atoms.